The molecule has 0 saturated carbocycles. The van der Waals surface area contributed by atoms with Crippen molar-refractivity contribution < 1.29 is 5.11 Å². The van der Waals surface area contributed by atoms with Crippen molar-refractivity contribution in [3.8, 4) is 11.8 Å². The highest BCUT2D eigenvalue weighted by Crippen LogP contribution is 2.22. The number of nitriles is 1. The van der Waals surface area contributed by atoms with Gasteiger partial charge in [-0.1, -0.05) is 42.5 Å². The average Bonchev–Trinajstić information content (AvgIpc) is 2.43. The molecular formula is C16H16N2O. The maximum atomic E-state index is 9.34. The Morgan fingerprint density at radius 3 is 2.32 bits per heavy atom. The monoisotopic (exact) mass is 252 g/mol. The Bertz CT molecular complexity index is 558. The van der Waals surface area contributed by atoms with E-state index in [1.54, 1.807) is 24.3 Å². The molecule has 0 aliphatic heterocycles. The van der Waals surface area contributed by atoms with Crippen LogP contribution in [0.1, 0.15) is 17.2 Å². The van der Waals surface area contributed by atoms with E-state index < -0.39 is 0 Å². The number of hydrogen-bond acceptors (Lipinski definition) is 3. The maximum Gasteiger partial charge on any atom is 0.123 e. The van der Waals surface area contributed by atoms with E-state index in [4.69, 9.17) is 0 Å². The van der Waals surface area contributed by atoms with Crippen LogP contribution in [0.15, 0.2) is 54.6 Å². The lowest BCUT2D eigenvalue weighted by Gasteiger charge is -2.22. The summed E-state index contributed by atoms with van der Waals surface area (Å²) in [5.41, 5.74) is 2.06. The number of phenols is 1. The van der Waals surface area contributed by atoms with Crippen LogP contribution in [-0.4, -0.2) is 17.1 Å². The Morgan fingerprint density at radius 2 is 1.74 bits per heavy atom. The van der Waals surface area contributed by atoms with Gasteiger partial charge < -0.3 is 5.11 Å². The summed E-state index contributed by atoms with van der Waals surface area (Å²) in [5, 5.41) is 18.6. The molecule has 96 valence electrons. The highest BCUT2D eigenvalue weighted by molar-refractivity contribution is 5.31. The highest BCUT2D eigenvalue weighted by Gasteiger charge is 2.16. The van der Waals surface area contributed by atoms with E-state index in [9.17, 15) is 10.4 Å². The summed E-state index contributed by atoms with van der Waals surface area (Å²) in [5.74, 6) is 0.214. The van der Waals surface area contributed by atoms with Crippen LogP contribution in [-0.2, 0) is 6.54 Å². The van der Waals surface area contributed by atoms with Crippen molar-refractivity contribution in [2.24, 2.45) is 0 Å². The largest absolute Gasteiger partial charge is 0.508 e. The molecule has 0 fully saturated rings. The van der Waals surface area contributed by atoms with Gasteiger partial charge in [-0.25, -0.2) is 0 Å². The van der Waals surface area contributed by atoms with Gasteiger partial charge in [0, 0.05) is 6.54 Å². The predicted octanol–water partition coefficient (Wildman–Crippen LogP) is 3.09. The molecule has 19 heavy (non-hydrogen) atoms. The summed E-state index contributed by atoms with van der Waals surface area (Å²) >= 11 is 0. The number of aromatic hydroxyl groups is 1. The zero-order valence-corrected chi connectivity index (χ0v) is 10.8. The normalized spacial score (nSPS) is 12.1. The van der Waals surface area contributed by atoms with Crippen LogP contribution >= 0.6 is 0 Å². The lowest BCUT2D eigenvalue weighted by atomic mass is 10.1. The van der Waals surface area contributed by atoms with Crippen LogP contribution in [0.25, 0.3) is 0 Å². The molecule has 1 atom stereocenters. The van der Waals surface area contributed by atoms with Crippen molar-refractivity contribution >= 4 is 0 Å². The lowest BCUT2D eigenvalue weighted by Crippen LogP contribution is -2.23. The zero-order chi connectivity index (χ0) is 13.7. The molecule has 0 aliphatic rings. The first-order valence-corrected chi connectivity index (χ1v) is 6.13. The third-order valence-corrected chi connectivity index (χ3v) is 3.05. The van der Waals surface area contributed by atoms with Gasteiger partial charge in [0.2, 0.25) is 0 Å². The molecule has 0 aromatic heterocycles. The van der Waals surface area contributed by atoms with E-state index in [0.717, 1.165) is 5.56 Å². The SMILES string of the molecule is CN(Cc1ccccc1)C(C#N)c1ccc(O)cc1. The standard InChI is InChI=1S/C16H16N2O/c1-18(12-13-5-3-2-4-6-13)16(11-17)14-7-9-15(19)10-8-14/h2-10,16,19H,12H2,1H3. The van der Waals surface area contributed by atoms with Gasteiger partial charge in [-0.15, -0.1) is 0 Å². The number of nitrogens with zero attached hydrogens (tertiary/aromatic N) is 2. The second-order valence-corrected chi connectivity index (χ2v) is 4.52. The topological polar surface area (TPSA) is 47.3 Å². The van der Waals surface area contributed by atoms with E-state index in [1.165, 1.54) is 5.56 Å². The van der Waals surface area contributed by atoms with Crippen LogP contribution in [0.2, 0.25) is 0 Å². The van der Waals surface area contributed by atoms with Gasteiger partial charge in [0.1, 0.15) is 11.8 Å². The Kier molecular flexibility index (Phi) is 4.17. The van der Waals surface area contributed by atoms with E-state index in [2.05, 4.69) is 6.07 Å². The Labute approximate surface area is 113 Å². The van der Waals surface area contributed by atoms with Crippen LogP contribution < -0.4 is 0 Å². The molecule has 1 N–H and O–H groups in total. The molecule has 3 heteroatoms. The number of benzene rings is 2. The fraction of sp³-hybridized carbons (Fsp3) is 0.188. The van der Waals surface area contributed by atoms with Crippen LogP contribution in [0, 0.1) is 11.3 Å². The highest BCUT2D eigenvalue weighted by atomic mass is 16.3. The van der Waals surface area contributed by atoms with E-state index in [-0.39, 0.29) is 11.8 Å². The third-order valence-electron chi connectivity index (χ3n) is 3.05. The van der Waals surface area contributed by atoms with Gasteiger partial charge >= 0.3 is 0 Å². The molecule has 2 aromatic rings. The van der Waals surface area contributed by atoms with Crippen molar-refractivity contribution in [2.75, 3.05) is 7.05 Å². The predicted molar refractivity (Wildman–Crippen MR) is 74.4 cm³/mol. The van der Waals surface area contributed by atoms with Crippen molar-refractivity contribution in [2.45, 2.75) is 12.6 Å². The van der Waals surface area contributed by atoms with E-state index in [1.807, 2.05) is 42.3 Å². The van der Waals surface area contributed by atoms with Crippen LogP contribution in [0.3, 0.4) is 0 Å². The van der Waals surface area contributed by atoms with Gasteiger partial charge in [0.05, 0.1) is 6.07 Å². The van der Waals surface area contributed by atoms with E-state index >= 15 is 0 Å². The Balaban J connectivity index is 2.14. The van der Waals surface area contributed by atoms with Crippen LogP contribution in [0.4, 0.5) is 0 Å². The van der Waals surface area contributed by atoms with Crippen molar-refractivity contribution in [1.82, 2.24) is 4.90 Å². The molecular weight excluding hydrogens is 236 g/mol. The summed E-state index contributed by atoms with van der Waals surface area (Å²) in [4.78, 5) is 1.99. The van der Waals surface area contributed by atoms with Crippen LogP contribution in [0.5, 0.6) is 5.75 Å². The number of phenolic OH excluding ortho intramolecular Hbond substituents is 1. The van der Waals surface area contributed by atoms with Crippen molar-refractivity contribution in [1.29, 1.82) is 5.26 Å². The molecule has 2 aromatic carbocycles. The summed E-state index contributed by atoms with van der Waals surface area (Å²) in [6.45, 7) is 0.708. The molecule has 2 rings (SSSR count). The number of hydrogen-bond donors (Lipinski definition) is 1. The summed E-state index contributed by atoms with van der Waals surface area (Å²) in [7, 11) is 1.92. The van der Waals surface area contributed by atoms with Gasteiger partial charge in [-0.2, -0.15) is 5.26 Å². The first-order valence-electron chi connectivity index (χ1n) is 6.13. The summed E-state index contributed by atoms with van der Waals surface area (Å²) in [6.07, 6.45) is 0. The zero-order valence-electron chi connectivity index (χ0n) is 10.8. The molecule has 0 heterocycles. The summed E-state index contributed by atoms with van der Waals surface area (Å²) in [6, 6.07) is 18.8. The number of rotatable bonds is 4. The minimum Gasteiger partial charge on any atom is -0.508 e. The van der Waals surface area contributed by atoms with Crippen molar-refractivity contribution in [3.63, 3.8) is 0 Å². The Morgan fingerprint density at radius 1 is 1.11 bits per heavy atom. The summed E-state index contributed by atoms with van der Waals surface area (Å²) < 4.78 is 0. The fourth-order valence-electron chi connectivity index (χ4n) is 2.05. The molecule has 0 saturated heterocycles. The molecule has 0 aliphatic carbocycles. The molecule has 1 unspecified atom stereocenters. The molecule has 0 bridgehead atoms. The van der Waals surface area contributed by atoms with Gasteiger partial charge in [0.15, 0.2) is 0 Å². The quantitative estimate of drug-likeness (QED) is 0.909. The molecule has 0 amide bonds. The van der Waals surface area contributed by atoms with Crippen molar-refractivity contribution in [3.05, 3.63) is 65.7 Å². The Hall–Kier alpha value is -2.31. The lowest BCUT2D eigenvalue weighted by molar-refractivity contribution is 0.283. The first-order chi connectivity index (χ1) is 9.20. The molecule has 3 nitrogen and oxygen atoms in total. The fourth-order valence-corrected chi connectivity index (χ4v) is 2.05. The minimum absolute atomic E-state index is 0.214. The second-order valence-electron chi connectivity index (χ2n) is 4.52. The van der Waals surface area contributed by atoms with E-state index in [0.29, 0.717) is 6.54 Å². The average molecular weight is 252 g/mol. The third kappa shape index (κ3) is 3.34. The first kappa shape index (κ1) is 13.1. The molecule has 0 radical (unpaired) electrons. The minimum atomic E-state index is -0.319. The second kappa shape index (κ2) is 6.03. The smallest absolute Gasteiger partial charge is 0.123 e. The molecule has 0 spiro atoms. The van der Waals surface area contributed by atoms with Gasteiger partial charge in [0.25, 0.3) is 0 Å². The van der Waals surface area contributed by atoms with Gasteiger partial charge in [-0.3, -0.25) is 4.90 Å². The maximum absolute atomic E-state index is 9.34. The van der Waals surface area contributed by atoms with Gasteiger partial charge in [-0.05, 0) is 30.3 Å².